The van der Waals surface area contributed by atoms with Crippen LogP contribution in [0.5, 0.6) is 0 Å². The molecule has 1 aromatic heterocycles. The Hall–Kier alpha value is -3.14. The monoisotopic (exact) mass is 319 g/mol. The van der Waals surface area contributed by atoms with Crippen molar-refractivity contribution in [2.24, 2.45) is 0 Å². The molecule has 120 valence electrons. The number of ketones is 1. The Morgan fingerprint density at radius 3 is 2.46 bits per heavy atom. The van der Waals surface area contributed by atoms with Crippen LogP contribution in [-0.4, -0.2) is 19.9 Å². The van der Waals surface area contributed by atoms with E-state index in [1.807, 2.05) is 49.3 Å². The molecule has 0 saturated carbocycles. The molecule has 0 aliphatic carbocycles. The van der Waals surface area contributed by atoms with Gasteiger partial charge in [0.1, 0.15) is 11.1 Å². The smallest absolute Gasteiger partial charge is 0.347 e. The predicted molar refractivity (Wildman–Crippen MR) is 96.6 cm³/mol. The van der Waals surface area contributed by atoms with E-state index in [1.54, 1.807) is 30.3 Å². The van der Waals surface area contributed by atoms with Crippen LogP contribution in [0.25, 0.3) is 17.0 Å². The van der Waals surface area contributed by atoms with E-state index < -0.39 is 5.63 Å². The van der Waals surface area contributed by atoms with Crippen molar-refractivity contribution in [1.82, 2.24) is 0 Å². The Morgan fingerprint density at radius 1 is 1.04 bits per heavy atom. The fourth-order valence-corrected chi connectivity index (χ4v) is 2.38. The quantitative estimate of drug-likeness (QED) is 0.417. The van der Waals surface area contributed by atoms with Gasteiger partial charge in [-0.15, -0.1) is 0 Å². The van der Waals surface area contributed by atoms with Gasteiger partial charge in [-0.2, -0.15) is 0 Å². The number of carbonyl (C=O) groups excluding carboxylic acids is 1. The third-order valence-electron chi connectivity index (χ3n) is 3.74. The van der Waals surface area contributed by atoms with Gasteiger partial charge in [0.05, 0.1) is 0 Å². The van der Waals surface area contributed by atoms with Crippen LogP contribution >= 0.6 is 0 Å². The molecule has 0 N–H and O–H groups in total. The molecule has 0 unspecified atom stereocenters. The summed E-state index contributed by atoms with van der Waals surface area (Å²) in [4.78, 5) is 26.3. The average Bonchev–Trinajstić information content (AvgIpc) is 2.59. The van der Waals surface area contributed by atoms with Crippen molar-refractivity contribution in [3.8, 4) is 0 Å². The van der Waals surface area contributed by atoms with E-state index in [2.05, 4.69) is 0 Å². The average molecular weight is 319 g/mol. The number of carbonyl (C=O) groups is 1. The topological polar surface area (TPSA) is 50.5 Å². The molecule has 0 bridgehead atoms. The first-order valence-electron chi connectivity index (χ1n) is 7.57. The molecule has 0 saturated heterocycles. The lowest BCUT2D eigenvalue weighted by molar-refractivity contribution is 0.104. The minimum atomic E-state index is -0.619. The Balaban J connectivity index is 1.86. The second kappa shape index (κ2) is 6.54. The highest BCUT2D eigenvalue weighted by atomic mass is 16.4. The molecule has 3 aromatic rings. The van der Waals surface area contributed by atoms with Crippen LogP contribution in [0.4, 0.5) is 5.69 Å². The third kappa shape index (κ3) is 3.27. The lowest BCUT2D eigenvalue weighted by atomic mass is 10.1. The molecule has 0 amide bonds. The number of rotatable bonds is 4. The van der Waals surface area contributed by atoms with Crippen molar-refractivity contribution in [3.05, 3.63) is 82.2 Å². The first kappa shape index (κ1) is 15.7. The number of anilines is 1. The van der Waals surface area contributed by atoms with Crippen molar-refractivity contribution in [2.45, 2.75) is 0 Å². The maximum atomic E-state index is 12.3. The number of allylic oxidation sites excluding steroid dienone is 1. The highest BCUT2D eigenvalue weighted by Crippen LogP contribution is 2.15. The molecule has 0 radical (unpaired) electrons. The fourth-order valence-electron chi connectivity index (χ4n) is 2.38. The van der Waals surface area contributed by atoms with Crippen molar-refractivity contribution in [1.29, 1.82) is 0 Å². The Morgan fingerprint density at radius 2 is 1.75 bits per heavy atom. The molecule has 4 nitrogen and oxygen atoms in total. The van der Waals surface area contributed by atoms with E-state index in [9.17, 15) is 9.59 Å². The summed E-state index contributed by atoms with van der Waals surface area (Å²) in [6.07, 6.45) is 3.09. The van der Waals surface area contributed by atoms with Gasteiger partial charge in [-0.1, -0.05) is 36.4 Å². The molecule has 4 heteroatoms. The molecule has 24 heavy (non-hydrogen) atoms. The molecule has 0 aliphatic heterocycles. The van der Waals surface area contributed by atoms with E-state index in [0.717, 1.165) is 16.6 Å². The van der Waals surface area contributed by atoms with Crippen LogP contribution in [0.2, 0.25) is 0 Å². The number of nitrogens with zero attached hydrogens (tertiary/aromatic N) is 1. The van der Waals surface area contributed by atoms with Gasteiger partial charge in [0.25, 0.3) is 0 Å². The Labute approximate surface area is 139 Å². The highest BCUT2D eigenvalue weighted by molar-refractivity contribution is 6.07. The van der Waals surface area contributed by atoms with Gasteiger partial charge in [0.15, 0.2) is 5.78 Å². The van der Waals surface area contributed by atoms with E-state index in [4.69, 9.17) is 4.42 Å². The molecular formula is C20H17NO3. The molecule has 1 heterocycles. The summed E-state index contributed by atoms with van der Waals surface area (Å²) < 4.78 is 5.19. The van der Waals surface area contributed by atoms with E-state index in [-0.39, 0.29) is 11.3 Å². The highest BCUT2D eigenvalue weighted by Gasteiger charge is 2.10. The molecule has 0 spiro atoms. The minimum Gasteiger partial charge on any atom is -0.422 e. The second-order valence-corrected chi connectivity index (χ2v) is 5.67. The molecule has 0 atom stereocenters. The van der Waals surface area contributed by atoms with Crippen LogP contribution in [0.15, 0.2) is 69.9 Å². The van der Waals surface area contributed by atoms with Gasteiger partial charge < -0.3 is 9.32 Å². The maximum Gasteiger partial charge on any atom is 0.347 e. The fraction of sp³-hybridized carbons (Fsp3) is 0.100. The summed E-state index contributed by atoms with van der Waals surface area (Å²) in [6, 6.07) is 16.5. The first-order valence-corrected chi connectivity index (χ1v) is 7.57. The summed E-state index contributed by atoms with van der Waals surface area (Å²) in [5, 5.41) is 0.726. The summed E-state index contributed by atoms with van der Waals surface area (Å²) >= 11 is 0. The van der Waals surface area contributed by atoms with Crippen LogP contribution in [0, 0.1) is 0 Å². The van der Waals surface area contributed by atoms with Crippen LogP contribution in [0.3, 0.4) is 0 Å². The van der Waals surface area contributed by atoms with E-state index >= 15 is 0 Å². The first-order chi connectivity index (χ1) is 11.5. The van der Waals surface area contributed by atoms with Gasteiger partial charge in [0, 0.05) is 25.2 Å². The van der Waals surface area contributed by atoms with Crippen LogP contribution < -0.4 is 10.5 Å². The van der Waals surface area contributed by atoms with Crippen molar-refractivity contribution < 1.29 is 9.21 Å². The summed E-state index contributed by atoms with van der Waals surface area (Å²) in [5.74, 6) is -0.369. The third-order valence-corrected chi connectivity index (χ3v) is 3.74. The number of hydrogen-bond acceptors (Lipinski definition) is 4. The lowest BCUT2D eigenvalue weighted by Crippen LogP contribution is -2.11. The second-order valence-electron chi connectivity index (χ2n) is 5.67. The normalized spacial score (nSPS) is 11.1. The van der Waals surface area contributed by atoms with Crippen molar-refractivity contribution in [2.75, 3.05) is 19.0 Å². The zero-order valence-corrected chi connectivity index (χ0v) is 13.5. The van der Waals surface area contributed by atoms with Crippen molar-refractivity contribution >= 4 is 28.5 Å². The molecule has 0 aliphatic rings. The zero-order chi connectivity index (χ0) is 17.1. The summed E-state index contributed by atoms with van der Waals surface area (Å²) in [5.41, 5.74) is 1.86. The number of para-hydroxylation sites is 1. The Kier molecular flexibility index (Phi) is 4.29. The van der Waals surface area contributed by atoms with E-state index in [1.165, 1.54) is 6.08 Å². The maximum absolute atomic E-state index is 12.3. The van der Waals surface area contributed by atoms with Gasteiger partial charge in [-0.3, -0.25) is 4.79 Å². The Bertz CT molecular complexity index is 966. The number of benzene rings is 2. The van der Waals surface area contributed by atoms with Crippen LogP contribution in [0.1, 0.15) is 15.9 Å². The summed E-state index contributed by atoms with van der Waals surface area (Å²) in [7, 11) is 3.93. The molecular weight excluding hydrogens is 302 g/mol. The van der Waals surface area contributed by atoms with Gasteiger partial charge in [-0.05, 0) is 35.9 Å². The van der Waals surface area contributed by atoms with Crippen LogP contribution in [-0.2, 0) is 0 Å². The molecule has 0 fully saturated rings. The lowest BCUT2D eigenvalue weighted by Gasteiger charge is -2.11. The largest absolute Gasteiger partial charge is 0.422 e. The predicted octanol–water partition coefficient (Wildman–Crippen LogP) is 3.76. The molecule has 3 rings (SSSR count). The van der Waals surface area contributed by atoms with Gasteiger partial charge in [0.2, 0.25) is 0 Å². The van der Waals surface area contributed by atoms with Gasteiger partial charge in [-0.25, -0.2) is 4.79 Å². The van der Waals surface area contributed by atoms with Crippen molar-refractivity contribution in [3.63, 3.8) is 0 Å². The molecule has 2 aromatic carbocycles. The summed E-state index contributed by atoms with van der Waals surface area (Å²) in [6.45, 7) is 0. The minimum absolute atomic E-state index is 0.0369. The number of fused-ring (bicyclic) bond motifs is 1. The van der Waals surface area contributed by atoms with E-state index in [0.29, 0.717) is 5.58 Å². The standard InChI is InChI=1S/C20H17NO3/c1-21(2)16-10-7-14(8-11-16)9-12-18(22)17-13-15-5-3-4-6-19(15)24-20(17)23/h3-13H,1-2H3/b12-9+. The SMILES string of the molecule is CN(C)c1ccc(/C=C/C(=O)c2cc3ccccc3oc2=O)cc1. The number of hydrogen-bond donors (Lipinski definition) is 0. The van der Waals surface area contributed by atoms with Gasteiger partial charge >= 0.3 is 5.63 Å². The zero-order valence-electron chi connectivity index (χ0n) is 13.5.